The van der Waals surface area contributed by atoms with Crippen LogP contribution in [0.4, 0.5) is 5.82 Å². The molecule has 0 aliphatic heterocycles. The van der Waals surface area contributed by atoms with Crippen LogP contribution in [0.25, 0.3) is 0 Å². The van der Waals surface area contributed by atoms with E-state index in [1.165, 1.54) is 6.33 Å². The maximum atomic E-state index is 10.0. The van der Waals surface area contributed by atoms with Crippen LogP contribution in [-0.2, 0) is 0 Å². The molecule has 1 unspecified atom stereocenters. The topological polar surface area (TPSA) is 67.3 Å². The third kappa shape index (κ3) is 4.49. The molecule has 0 amide bonds. The fourth-order valence-electron chi connectivity index (χ4n) is 1.87. The monoisotopic (exact) mass is 253 g/mol. The van der Waals surface area contributed by atoms with Crippen LogP contribution in [0.3, 0.4) is 0 Å². The minimum absolute atomic E-state index is 0.325. The first-order valence-corrected chi connectivity index (χ1v) is 6.57. The van der Waals surface area contributed by atoms with Gasteiger partial charge >= 0.3 is 0 Å². The molecule has 0 bridgehead atoms. The molecule has 1 rings (SSSR count). The number of nitrogens with zero attached hydrogens (tertiary/aromatic N) is 2. The van der Waals surface area contributed by atoms with Crippen molar-refractivity contribution >= 4 is 5.82 Å². The molecule has 18 heavy (non-hydrogen) atoms. The zero-order valence-electron chi connectivity index (χ0n) is 11.4. The van der Waals surface area contributed by atoms with E-state index in [9.17, 15) is 5.11 Å². The summed E-state index contributed by atoms with van der Waals surface area (Å²) in [6.07, 6.45) is 3.06. The molecule has 5 heteroatoms. The third-order valence-electron chi connectivity index (χ3n) is 3.02. The summed E-state index contributed by atoms with van der Waals surface area (Å²) in [5.41, 5.74) is 0. The Hall–Kier alpha value is -1.36. The smallest absolute Gasteiger partial charge is 0.218 e. The molecule has 0 aliphatic carbocycles. The fraction of sp³-hybridized carbons (Fsp3) is 0.692. The molecule has 0 saturated heterocycles. The summed E-state index contributed by atoms with van der Waals surface area (Å²) < 4.78 is 5.29. The van der Waals surface area contributed by atoms with E-state index in [-0.39, 0.29) is 6.10 Å². The molecular weight excluding hydrogens is 230 g/mol. The molecule has 0 fully saturated rings. The number of hydrogen-bond donors (Lipinski definition) is 2. The van der Waals surface area contributed by atoms with Crippen molar-refractivity contribution in [2.75, 3.05) is 18.5 Å². The number of rotatable bonds is 8. The Morgan fingerprint density at radius 2 is 2.00 bits per heavy atom. The lowest BCUT2D eigenvalue weighted by Gasteiger charge is -2.20. The van der Waals surface area contributed by atoms with Gasteiger partial charge in [-0.25, -0.2) is 9.97 Å². The Bertz CT molecular complexity index is 343. The minimum atomic E-state index is -0.356. The fourth-order valence-corrected chi connectivity index (χ4v) is 1.87. The molecule has 0 saturated carbocycles. The summed E-state index contributed by atoms with van der Waals surface area (Å²) in [5.74, 6) is 1.55. The molecule has 0 radical (unpaired) electrons. The predicted octanol–water partition coefficient (Wildman–Crippen LogP) is 2.08. The first-order chi connectivity index (χ1) is 8.71. The first kappa shape index (κ1) is 14.7. The molecule has 0 aromatic carbocycles. The van der Waals surface area contributed by atoms with Gasteiger partial charge in [0.2, 0.25) is 5.88 Å². The van der Waals surface area contributed by atoms with Gasteiger partial charge < -0.3 is 15.2 Å². The molecule has 1 aromatic heterocycles. The van der Waals surface area contributed by atoms with Gasteiger partial charge in [-0.1, -0.05) is 26.7 Å². The van der Waals surface area contributed by atoms with Crippen molar-refractivity contribution in [1.82, 2.24) is 9.97 Å². The van der Waals surface area contributed by atoms with Gasteiger partial charge in [0, 0.05) is 12.6 Å². The molecule has 2 N–H and O–H groups in total. The van der Waals surface area contributed by atoms with Crippen LogP contribution in [0, 0.1) is 5.92 Å². The molecule has 5 nitrogen and oxygen atoms in total. The SMILES string of the molecule is CCOc1cc(NCC(O)C(CC)CC)ncn1. The maximum Gasteiger partial charge on any atom is 0.218 e. The number of hydrogen-bond acceptors (Lipinski definition) is 5. The highest BCUT2D eigenvalue weighted by molar-refractivity contribution is 5.37. The molecule has 1 atom stereocenters. The summed E-state index contributed by atoms with van der Waals surface area (Å²) in [7, 11) is 0. The summed E-state index contributed by atoms with van der Waals surface area (Å²) in [6.45, 7) is 7.17. The quantitative estimate of drug-likeness (QED) is 0.742. The average Bonchev–Trinajstić information content (AvgIpc) is 2.39. The van der Waals surface area contributed by atoms with Crippen LogP contribution < -0.4 is 10.1 Å². The zero-order chi connectivity index (χ0) is 13.4. The summed E-state index contributed by atoms with van der Waals surface area (Å²) in [5, 5.41) is 13.1. The second-order valence-electron chi connectivity index (χ2n) is 4.20. The Morgan fingerprint density at radius 3 is 2.61 bits per heavy atom. The van der Waals surface area contributed by atoms with E-state index in [2.05, 4.69) is 29.1 Å². The Kier molecular flexibility index (Phi) is 6.43. The minimum Gasteiger partial charge on any atom is -0.478 e. The standard InChI is InChI=1S/C13H23N3O2/c1-4-10(5-2)11(17)8-14-12-7-13(18-6-3)16-9-15-12/h7,9-11,17H,4-6,8H2,1-3H3,(H,14,15,16). The Labute approximate surface area is 109 Å². The predicted molar refractivity (Wildman–Crippen MR) is 71.8 cm³/mol. The molecule has 1 aromatic rings. The van der Waals surface area contributed by atoms with Crippen LogP contribution in [0.1, 0.15) is 33.6 Å². The third-order valence-corrected chi connectivity index (χ3v) is 3.02. The number of anilines is 1. The number of ether oxygens (including phenoxy) is 1. The van der Waals surface area contributed by atoms with Crippen LogP contribution in [0.15, 0.2) is 12.4 Å². The zero-order valence-corrected chi connectivity index (χ0v) is 11.4. The van der Waals surface area contributed by atoms with Crippen molar-refractivity contribution in [3.63, 3.8) is 0 Å². The Morgan fingerprint density at radius 1 is 1.28 bits per heavy atom. The van der Waals surface area contributed by atoms with Gasteiger partial charge in [-0.05, 0) is 12.8 Å². The van der Waals surface area contributed by atoms with Gasteiger partial charge in [0.15, 0.2) is 0 Å². The van der Waals surface area contributed by atoms with Crippen molar-refractivity contribution in [3.05, 3.63) is 12.4 Å². The lowest BCUT2D eigenvalue weighted by molar-refractivity contribution is 0.114. The van der Waals surface area contributed by atoms with Gasteiger partial charge in [0.1, 0.15) is 12.1 Å². The number of nitrogens with one attached hydrogen (secondary N) is 1. The van der Waals surface area contributed by atoms with E-state index in [4.69, 9.17) is 4.74 Å². The van der Waals surface area contributed by atoms with Crippen LogP contribution in [-0.4, -0.2) is 34.3 Å². The van der Waals surface area contributed by atoms with Crippen molar-refractivity contribution < 1.29 is 9.84 Å². The van der Waals surface area contributed by atoms with Crippen molar-refractivity contribution in [2.45, 2.75) is 39.7 Å². The average molecular weight is 253 g/mol. The van der Waals surface area contributed by atoms with Crippen LogP contribution >= 0.6 is 0 Å². The molecule has 0 aliphatic rings. The van der Waals surface area contributed by atoms with Gasteiger partial charge in [-0.2, -0.15) is 0 Å². The molecule has 102 valence electrons. The van der Waals surface area contributed by atoms with E-state index >= 15 is 0 Å². The highest BCUT2D eigenvalue weighted by Crippen LogP contribution is 2.15. The molecule has 1 heterocycles. The highest BCUT2D eigenvalue weighted by atomic mass is 16.5. The molecule has 0 spiro atoms. The Balaban J connectivity index is 2.49. The van der Waals surface area contributed by atoms with Gasteiger partial charge in [0.25, 0.3) is 0 Å². The van der Waals surface area contributed by atoms with E-state index < -0.39 is 0 Å². The first-order valence-electron chi connectivity index (χ1n) is 6.57. The van der Waals surface area contributed by atoms with Crippen molar-refractivity contribution in [2.24, 2.45) is 5.92 Å². The van der Waals surface area contributed by atoms with Crippen molar-refractivity contribution in [1.29, 1.82) is 0 Å². The normalized spacial score (nSPS) is 12.5. The van der Waals surface area contributed by atoms with E-state index in [1.54, 1.807) is 6.07 Å². The van der Waals surface area contributed by atoms with E-state index in [0.29, 0.717) is 30.8 Å². The summed E-state index contributed by atoms with van der Waals surface area (Å²) in [4.78, 5) is 8.08. The lowest BCUT2D eigenvalue weighted by Crippen LogP contribution is -2.27. The number of aliphatic hydroxyl groups excluding tert-OH is 1. The van der Waals surface area contributed by atoms with Crippen molar-refractivity contribution in [3.8, 4) is 5.88 Å². The second-order valence-corrected chi connectivity index (χ2v) is 4.20. The van der Waals surface area contributed by atoms with Gasteiger partial charge in [-0.3, -0.25) is 0 Å². The van der Waals surface area contributed by atoms with Gasteiger partial charge in [-0.15, -0.1) is 0 Å². The van der Waals surface area contributed by atoms with Crippen LogP contribution in [0.5, 0.6) is 5.88 Å². The highest BCUT2D eigenvalue weighted by Gasteiger charge is 2.15. The number of aliphatic hydroxyl groups is 1. The maximum absolute atomic E-state index is 10.0. The number of aromatic nitrogens is 2. The van der Waals surface area contributed by atoms with E-state index in [1.807, 2.05) is 6.92 Å². The van der Waals surface area contributed by atoms with E-state index in [0.717, 1.165) is 12.8 Å². The summed E-state index contributed by atoms with van der Waals surface area (Å²) >= 11 is 0. The lowest BCUT2D eigenvalue weighted by atomic mass is 9.97. The van der Waals surface area contributed by atoms with Crippen LogP contribution in [0.2, 0.25) is 0 Å². The van der Waals surface area contributed by atoms with Gasteiger partial charge in [0.05, 0.1) is 12.7 Å². The summed E-state index contributed by atoms with van der Waals surface area (Å²) in [6, 6.07) is 1.74. The molecular formula is C13H23N3O2. The second kappa shape index (κ2) is 7.87. The largest absolute Gasteiger partial charge is 0.478 e.